The first kappa shape index (κ1) is 32.5. The second kappa shape index (κ2) is 14.0. The summed E-state index contributed by atoms with van der Waals surface area (Å²) in [6.07, 6.45) is 7.26. The van der Waals surface area contributed by atoms with Crippen LogP contribution in [0.4, 0.5) is 0 Å². The van der Waals surface area contributed by atoms with E-state index in [4.69, 9.17) is 24.2 Å². The molecule has 5 heteroatoms. The van der Waals surface area contributed by atoms with Crippen molar-refractivity contribution >= 4 is 67.6 Å². The number of amidine groups is 2. The van der Waals surface area contributed by atoms with Crippen molar-refractivity contribution in [1.82, 2.24) is 0 Å². The van der Waals surface area contributed by atoms with Gasteiger partial charge < -0.3 is 8.83 Å². The van der Waals surface area contributed by atoms with Gasteiger partial charge in [0.25, 0.3) is 0 Å². The van der Waals surface area contributed by atoms with Crippen LogP contribution in [0.5, 0.6) is 0 Å². The molecule has 0 saturated carbocycles. The summed E-state index contributed by atoms with van der Waals surface area (Å²) in [5.41, 5.74) is 8.83. The number of hydrogen-bond donors (Lipinski definition) is 1. The molecule has 0 bridgehead atoms. The van der Waals surface area contributed by atoms with E-state index in [1.807, 2.05) is 109 Å². The zero-order valence-electron chi connectivity index (χ0n) is 29.2. The van der Waals surface area contributed by atoms with E-state index in [1.54, 1.807) is 12.3 Å². The summed E-state index contributed by atoms with van der Waals surface area (Å²) in [7, 11) is 0. The van der Waals surface area contributed by atoms with Gasteiger partial charge in [-0.15, -0.1) is 0 Å². The molecule has 0 radical (unpaired) electrons. The van der Waals surface area contributed by atoms with Crippen LogP contribution in [0, 0.1) is 5.41 Å². The highest BCUT2D eigenvalue weighted by molar-refractivity contribution is 6.17. The van der Waals surface area contributed by atoms with Crippen LogP contribution in [0.3, 0.4) is 0 Å². The van der Waals surface area contributed by atoms with Crippen LogP contribution >= 0.6 is 0 Å². The van der Waals surface area contributed by atoms with Crippen LogP contribution in [0.25, 0.3) is 72.0 Å². The van der Waals surface area contributed by atoms with Gasteiger partial charge in [0, 0.05) is 39.1 Å². The molecule has 0 amide bonds. The lowest BCUT2D eigenvalue weighted by Crippen LogP contribution is -2.05. The van der Waals surface area contributed by atoms with E-state index < -0.39 is 0 Å². The van der Waals surface area contributed by atoms with E-state index in [0.29, 0.717) is 17.2 Å². The molecule has 2 heterocycles. The minimum Gasteiger partial charge on any atom is -0.456 e. The highest BCUT2D eigenvalue weighted by Gasteiger charge is 2.18. The molecule has 0 atom stereocenters. The molecule has 0 spiro atoms. The fraction of sp³-hybridized carbons (Fsp3) is 0. The van der Waals surface area contributed by atoms with Gasteiger partial charge in [-0.25, -0.2) is 9.98 Å². The quantitative estimate of drug-likeness (QED) is 0.102. The Morgan fingerprint density at radius 1 is 0.574 bits per heavy atom. The van der Waals surface area contributed by atoms with Crippen LogP contribution in [-0.4, -0.2) is 17.9 Å². The second-order valence-corrected chi connectivity index (χ2v) is 13.0. The number of rotatable bonds is 7. The molecule has 7 aromatic carbocycles. The van der Waals surface area contributed by atoms with Crippen molar-refractivity contribution in [3.05, 3.63) is 199 Å². The maximum absolute atomic E-state index is 9.12. The Bertz CT molecular complexity index is 2960. The van der Waals surface area contributed by atoms with Gasteiger partial charge >= 0.3 is 0 Å². The third kappa shape index (κ3) is 6.14. The molecule has 54 heavy (non-hydrogen) atoms. The van der Waals surface area contributed by atoms with Crippen molar-refractivity contribution in [3.63, 3.8) is 0 Å². The molecule has 256 valence electrons. The van der Waals surface area contributed by atoms with E-state index in [2.05, 4.69) is 67.2 Å². The summed E-state index contributed by atoms with van der Waals surface area (Å²) in [6.45, 7) is 3.88. The predicted molar refractivity (Wildman–Crippen MR) is 225 cm³/mol. The van der Waals surface area contributed by atoms with Crippen molar-refractivity contribution in [2.45, 2.75) is 0 Å². The van der Waals surface area contributed by atoms with Crippen molar-refractivity contribution in [2.75, 3.05) is 0 Å². The number of allylic oxidation sites excluding steroid dienone is 2. The van der Waals surface area contributed by atoms with Gasteiger partial charge in [0.15, 0.2) is 11.7 Å². The summed E-state index contributed by atoms with van der Waals surface area (Å²) in [6, 6.07) is 52.9. The first-order valence-electron chi connectivity index (χ1n) is 17.8. The van der Waals surface area contributed by atoms with Crippen molar-refractivity contribution in [3.8, 4) is 22.3 Å². The number of para-hydroxylation sites is 1. The highest BCUT2D eigenvalue weighted by Crippen LogP contribution is 2.38. The zero-order chi connectivity index (χ0) is 36.4. The SMILES string of the molecule is C=C/C=C\c1oc2cccc(-c3ccc4c(c3)oc3ccccc34)c2c1/C=N/C(=N\C(=N)c1ccc2ccccc2c1)c1ccc(-c2ccccc2)cc1. The van der Waals surface area contributed by atoms with Crippen LogP contribution in [0.2, 0.25) is 0 Å². The van der Waals surface area contributed by atoms with Crippen molar-refractivity contribution in [2.24, 2.45) is 9.98 Å². The number of benzene rings is 7. The molecule has 2 aromatic heterocycles. The number of hydrogen-bond acceptors (Lipinski definition) is 3. The molecule has 0 aliphatic heterocycles. The van der Waals surface area contributed by atoms with Crippen molar-refractivity contribution in [1.29, 1.82) is 5.41 Å². The lowest BCUT2D eigenvalue weighted by atomic mass is 9.97. The molecule has 0 unspecified atom stereocenters. The van der Waals surface area contributed by atoms with E-state index in [-0.39, 0.29) is 5.84 Å². The largest absolute Gasteiger partial charge is 0.456 e. The van der Waals surface area contributed by atoms with Crippen LogP contribution in [0.15, 0.2) is 195 Å². The minimum absolute atomic E-state index is 0.115. The predicted octanol–water partition coefficient (Wildman–Crippen LogP) is 12.9. The lowest BCUT2D eigenvalue weighted by molar-refractivity contribution is 0.603. The maximum Gasteiger partial charge on any atom is 0.161 e. The van der Waals surface area contributed by atoms with Gasteiger partial charge in [-0.2, -0.15) is 0 Å². The molecule has 0 aliphatic rings. The number of fused-ring (bicyclic) bond motifs is 5. The molecule has 0 fully saturated rings. The van der Waals surface area contributed by atoms with Crippen LogP contribution in [0.1, 0.15) is 22.5 Å². The van der Waals surface area contributed by atoms with Gasteiger partial charge in [-0.3, -0.25) is 5.41 Å². The molecular formula is C49H33N3O2. The summed E-state index contributed by atoms with van der Waals surface area (Å²) in [5, 5.41) is 14.3. The van der Waals surface area contributed by atoms with E-state index in [1.165, 1.54) is 0 Å². The average Bonchev–Trinajstić information content (AvgIpc) is 3.79. The number of aliphatic imine (C=N–C) groups is 2. The van der Waals surface area contributed by atoms with Crippen molar-refractivity contribution < 1.29 is 8.83 Å². The van der Waals surface area contributed by atoms with Gasteiger partial charge in [-0.1, -0.05) is 146 Å². The normalized spacial score (nSPS) is 12.2. The molecule has 0 aliphatic carbocycles. The van der Waals surface area contributed by atoms with Gasteiger partial charge in [-0.05, 0) is 69.4 Å². The smallest absolute Gasteiger partial charge is 0.161 e. The van der Waals surface area contributed by atoms with Gasteiger partial charge in [0.05, 0.1) is 0 Å². The maximum atomic E-state index is 9.12. The molecule has 9 aromatic rings. The van der Waals surface area contributed by atoms with Gasteiger partial charge in [0.2, 0.25) is 0 Å². The Morgan fingerprint density at radius 2 is 1.28 bits per heavy atom. The first-order valence-corrected chi connectivity index (χ1v) is 17.8. The van der Waals surface area contributed by atoms with Crippen LogP contribution in [-0.2, 0) is 0 Å². The Balaban J connectivity index is 1.18. The van der Waals surface area contributed by atoms with Crippen LogP contribution < -0.4 is 0 Å². The third-order valence-corrected chi connectivity index (χ3v) is 9.66. The molecular weight excluding hydrogens is 663 g/mol. The zero-order valence-corrected chi connectivity index (χ0v) is 29.2. The Morgan fingerprint density at radius 3 is 2.13 bits per heavy atom. The number of furan rings is 2. The molecule has 0 saturated heterocycles. The monoisotopic (exact) mass is 695 g/mol. The van der Waals surface area contributed by atoms with Gasteiger partial charge in [0.1, 0.15) is 22.5 Å². The van der Waals surface area contributed by atoms with E-state index >= 15 is 0 Å². The summed E-state index contributed by atoms with van der Waals surface area (Å²) < 4.78 is 12.7. The van der Waals surface area contributed by atoms with E-state index in [9.17, 15) is 0 Å². The minimum atomic E-state index is 0.115. The summed E-state index contributed by atoms with van der Waals surface area (Å²) >= 11 is 0. The Labute approximate surface area is 312 Å². The Hall–Kier alpha value is -7.37. The lowest BCUT2D eigenvalue weighted by Gasteiger charge is -2.07. The highest BCUT2D eigenvalue weighted by atomic mass is 16.3. The summed E-state index contributed by atoms with van der Waals surface area (Å²) in [4.78, 5) is 9.90. The Kier molecular flexibility index (Phi) is 8.42. The standard InChI is InChI=1S/C49H33N3O2/c1-2-3-18-44-42(47-39(17-11-20-45(47)53-44)37-27-28-41-40-16-9-10-19-43(40)54-46(41)30-37)31-51-49(35-24-21-34(22-25-35)32-12-5-4-6-13-32)52-48(50)38-26-23-33-14-7-8-15-36(33)29-38/h2-31,50H,1H2/b18-3-,50-48?,51-31+,52-49-. The molecule has 9 rings (SSSR count). The summed E-state index contributed by atoms with van der Waals surface area (Å²) in [5.74, 6) is 1.15. The fourth-order valence-corrected chi connectivity index (χ4v) is 6.98. The fourth-order valence-electron chi connectivity index (χ4n) is 6.98. The second-order valence-electron chi connectivity index (χ2n) is 13.0. The average molecular weight is 696 g/mol. The first-order chi connectivity index (χ1) is 26.6. The van der Waals surface area contributed by atoms with E-state index in [0.717, 1.165) is 77.1 Å². The third-order valence-electron chi connectivity index (χ3n) is 9.66. The molecule has 5 nitrogen and oxygen atoms in total. The topological polar surface area (TPSA) is 74.8 Å². The number of nitrogens with one attached hydrogen (secondary N) is 1. The number of nitrogens with zero attached hydrogens (tertiary/aromatic N) is 2. The molecule has 1 N–H and O–H groups in total.